The monoisotopic (exact) mass is 285 g/mol. The number of aryl methyl sites for hydroxylation is 1. The summed E-state index contributed by atoms with van der Waals surface area (Å²) in [5.41, 5.74) is 2.71. The lowest BCUT2D eigenvalue weighted by atomic mass is 10.1. The van der Waals surface area contributed by atoms with E-state index in [9.17, 15) is 9.90 Å². The summed E-state index contributed by atoms with van der Waals surface area (Å²) in [5.74, 6) is 0.306. The Morgan fingerprint density at radius 2 is 2.05 bits per heavy atom. The summed E-state index contributed by atoms with van der Waals surface area (Å²) >= 11 is 0. The van der Waals surface area contributed by atoms with Gasteiger partial charge in [-0.25, -0.2) is 0 Å². The molecule has 0 aliphatic heterocycles. The normalized spacial score (nSPS) is 13.0. The molecule has 110 valence electrons. The number of hydrogen-bond acceptors (Lipinski definition) is 3. The minimum atomic E-state index is -0.533. The summed E-state index contributed by atoms with van der Waals surface area (Å²) in [7, 11) is 0. The van der Waals surface area contributed by atoms with Gasteiger partial charge in [0.25, 0.3) is 0 Å². The molecule has 0 saturated carbocycles. The average molecular weight is 285 g/mol. The van der Waals surface area contributed by atoms with Gasteiger partial charge < -0.3 is 14.8 Å². The van der Waals surface area contributed by atoms with Gasteiger partial charge in [0, 0.05) is 5.57 Å². The van der Waals surface area contributed by atoms with Gasteiger partial charge in [-0.05, 0) is 37.6 Å². The first-order valence-electron chi connectivity index (χ1n) is 6.80. The number of carbonyl (C=O) groups is 1. The smallest absolute Gasteiger partial charge is 0.247 e. The minimum absolute atomic E-state index is 0.211. The van der Waals surface area contributed by atoms with E-state index < -0.39 is 6.04 Å². The van der Waals surface area contributed by atoms with Gasteiger partial charge in [-0.1, -0.05) is 29.8 Å². The molecule has 2 rings (SSSR count). The third kappa shape index (κ3) is 4.07. The molecule has 0 saturated heterocycles. The number of rotatable bonds is 5. The summed E-state index contributed by atoms with van der Waals surface area (Å²) in [4.78, 5) is 12.1. The Hall–Kier alpha value is -2.33. The molecule has 0 radical (unpaired) electrons. The number of hydrogen-bond donors (Lipinski definition) is 2. The average Bonchev–Trinajstić information content (AvgIpc) is 3.01. The Labute approximate surface area is 124 Å². The highest BCUT2D eigenvalue weighted by atomic mass is 16.3. The van der Waals surface area contributed by atoms with Crippen molar-refractivity contribution < 1.29 is 14.3 Å². The van der Waals surface area contributed by atoms with Gasteiger partial charge >= 0.3 is 0 Å². The standard InChI is InChI=1S/C17H19NO3/c1-12-5-7-14(8-6-12)10-13(2)17(20)18-15(11-19)16-4-3-9-21-16/h3-10,15,19H,11H2,1-2H3,(H,18,20)/b13-10-. The van der Waals surface area contributed by atoms with Crippen LogP contribution in [0, 0.1) is 6.92 Å². The highest BCUT2D eigenvalue weighted by Gasteiger charge is 2.16. The number of carbonyl (C=O) groups excluding carboxylic acids is 1. The summed E-state index contributed by atoms with van der Waals surface area (Å²) < 4.78 is 5.20. The fourth-order valence-electron chi connectivity index (χ4n) is 1.95. The molecule has 2 aromatic rings. The first-order valence-corrected chi connectivity index (χ1v) is 6.80. The summed E-state index contributed by atoms with van der Waals surface area (Å²) in [6.45, 7) is 3.55. The van der Waals surface area contributed by atoms with Crippen LogP contribution in [0.4, 0.5) is 0 Å². The van der Waals surface area contributed by atoms with E-state index in [4.69, 9.17) is 4.42 Å². The van der Waals surface area contributed by atoms with Crippen LogP contribution >= 0.6 is 0 Å². The molecule has 1 aromatic heterocycles. The molecule has 0 fully saturated rings. The number of benzene rings is 1. The van der Waals surface area contributed by atoms with Crippen LogP contribution in [0.15, 0.2) is 52.7 Å². The van der Waals surface area contributed by atoms with E-state index in [0.717, 1.165) is 5.56 Å². The van der Waals surface area contributed by atoms with Gasteiger partial charge in [0.1, 0.15) is 11.8 Å². The maximum Gasteiger partial charge on any atom is 0.247 e. The van der Waals surface area contributed by atoms with E-state index in [1.807, 2.05) is 37.3 Å². The number of aliphatic hydroxyl groups is 1. The maximum atomic E-state index is 12.1. The van der Waals surface area contributed by atoms with Crippen LogP contribution in [-0.4, -0.2) is 17.6 Å². The predicted molar refractivity (Wildman–Crippen MR) is 81.5 cm³/mol. The molecule has 2 N–H and O–H groups in total. The van der Waals surface area contributed by atoms with Crippen molar-refractivity contribution >= 4 is 12.0 Å². The Balaban J connectivity index is 2.06. The summed E-state index contributed by atoms with van der Waals surface area (Å²) in [5, 5.41) is 12.1. The molecule has 0 aliphatic rings. The zero-order valence-corrected chi connectivity index (χ0v) is 12.2. The van der Waals surface area contributed by atoms with Crippen LogP contribution in [0.5, 0.6) is 0 Å². The van der Waals surface area contributed by atoms with Gasteiger partial charge in [-0.3, -0.25) is 4.79 Å². The third-order valence-corrected chi connectivity index (χ3v) is 3.19. The van der Waals surface area contributed by atoms with Crippen molar-refractivity contribution in [2.24, 2.45) is 0 Å². The van der Waals surface area contributed by atoms with E-state index >= 15 is 0 Å². The first-order chi connectivity index (χ1) is 10.1. The van der Waals surface area contributed by atoms with Crippen LogP contribution in [0.3, 0.4) is 0 Å². The summed E-state index contributed by atoms with van der Waals surface area (Å²) in [6.07, 6.45) is 3.32. The van der Waals surface area contributed by atoms with E-state index in [1.165, 1.54) is 11.8 Å². The molecule has 4 nitrogen and oxygen atoms in total. The lowest BCUT2D eigenvalue weighted by Crippen LogP contribution is -2.31. The van der Waals surface area contributed by atoms with E-state index in [2.05, 4.69) is 5.32 Å². The van der Waals surface area contributed by atoms with Crippen molar-refractivity contribution in [3.05, 3.63) is 65.1 Å². The molecule has 0 spiro atoms. The highest BCUT2D eigenvalue weighted by molar-refractivity contribution is 5.97. The van der Waals surface area contributed by atoms with Crippen LogP contribution in [-0.2, 0) is 4.79 Å². The maximum absolute atomic E-state index is 12.1. The largest absolute Gasteiger partial charge is 0.467 e. The molecule has 4 heteroatoms. The fourth-order valence-corrected chi connectivity index (χ4v) is 1.95. The first kappa shape index (κ1) is 15.1. The molecule has 1 amide bonds. The second-order valence-electron chi connectivity index (χ2n) is 4.96. The van der Waals surface area contributed by atoms with Gasteiger partial charge in [-0.15, -0.1) is 0 Å². The number of aliphatic hydroxyl groups excluding tert-OH is 1. The van der Waals surface area contributed by atoms with E-state index in [0.29, 0.717) is 11.3 Å². The Bertz CT molecular complexity index is 612. The zero-order valence-electron chi connectivity index (χ0n) is 12.2. The van der Waals surface area contributed by atoms with Gasteiger partial charge in [0.15, 0.2) is 0 Å². The highest BCUT2D eigenvalue weighted by Crippen LogP contribution is 2.14. The van der Waals surface area contributed by atoms with E-state index in [-0.39, 0.29) is 12.5 Å². The molecular weight excluding hydrogens is 266 g/mol. The lowest BCUT2D eigenvalue weighted by Gasteiger charge is -2.14. The zero-order chi connectivity index (χ0) is 15.2. The molecule has 1 heterocycles. The van der Waals surface area contributed by atoms with Crippen molar-refractivity contribution in [2.45, 2.75) is 19.9 Å². The SMILES string of the molecule is C/C(=C/c1ccc(C)cc1)C(=O)NC(CO)c1ccco1. The van der Waals surface area contributed by atoms with Crippen LogP contribution < -0.4 is 5.32 Å². The predicted octanol–water partition coefficient (Wildman–Crippen LogP) is 2.84. The quantitative estimate of drug-likeness (QED) is 0.830. The third-order valence-electron chi connectivity index (χ3n) is 3.19. The second-order valence-corrected chi connectivity index (χ2v) is 4.96. The van der Waals surface area contributed by atoms with Crippen LogP contribution in [0.1, 0.15) is 29.9 Å². The van der Waals surface area contributed by atoms with E-state index in [1.54, 1.807) is 19.1 Å². The van der Waals surface area contributed by atoms with Crippen molar-refractivity contribution in [2.75, 3.05) is 6.61 Å². The molecule has 0 aliphatic carbocycles. The minimum Gasteiger partial charge on any atom is -0.467 e. The van der Waals surface area contributed by atoms with Crippen molar-refractivity contribution in [3.8, 4) is 0 Å². The van der Waals surface area contributed by atoms with Gasteiger partial charge in [0.2, 0.25) is 5.91 Å². The summed E-state index contributed by atoms with van der Waals surface area (Å²) in [6, 6.07) is 10.8. The molecule has 1 atom stereocenters. The number of furan rings is 1. The number of nitrogens with one attached hydrogen (secondary N) is 1. The van der Waals surface area contributed by atoms with Gasteiger partial charge in [-0.2, -0.15) is 0 Å². The van der Waals surface area contributed by atoms with Crippen molar-refractivity contribution in [1.29, 1.82) is 0 Å². The second kappa shape index (κ2) is 6.90. The Morgan fingerprint density at radius 1 is 1.33 bits per heavy atom. The number of amides is 1. The molecule has 1 aromatic carbocycles. The fraction of sp³-hybridized carbons (Fsp3) is 0.235. The Morgan fingerprint density at radius 3 is 2.62 bits per heavy atom. The van der Waals surface area contributed by atoms with Crippen LogP contribution in [0.2, 0.25) is 0 Å². The van der Waals surface area contributed by atoms with Crippen molar-refractivity contribution in [1.82, 2.24) is 5.32 Å². The van der Waals surface area contributed by atoms with Crippen LogP contribution in [0.25, 0.3) is 6.08 Å². The topological polar surface area (TPSA) is 62.5 Å². The van der Waals surface area contributed by atoms with Gasteiger partial charge in [0.05, 0.1) is 12.9 Å². The van der Waals surface area contributed by atoms with Crippen molar-refractivity contribution in [3.63, 3.8) is 0 Å². The Kier molecular flexibility index (Phi) is 4.95. The molecule has 1 unspecified atom stereocenters. The lowest BCUT2D eigenvalue weighted by molar-refractivity contribution is -0.118. The molecule has 0 bridgehead atoms. The molecule has 21 heavy (non-hydrogen) atoms. The molecular formula is C17H19NO3.